The number of halogens is 2. The van der Waals surface area contributed by atoms with Crippen molar-refractivity contribution in [3.8, 4) is 0 Å². The molecule has 0 saturated heterocycles. The van der Waals surface area contributed by atoms with Crippen LogP contribution >= 0.6 is 15.9 Å². The van der Waals surface area contributed by atoms with Crippen LogP contribution in [0.4, 0.5) is 4.39 Å². The van der Waals surface area contributed by atoms with E-state index in [0.29, 0.717) is 11.0 Å². The van der Waals surface area contributed by atoms with E-state index in [4.69, 9.17) is 4.74 Å². The second kappa shape index (κ2) is 7.23. The van der Waals surface area contributed by atoms with E-state index in [-0.39, 0.29) is 5.56 Å². The first kappa shape index (κ1) is 15.6. The molecule has 0 aliphatic rings. The van der Waals surface area contributed by atoms with Gasteiger partial charge in [0, 0.05) is 11.0 Å². The van der Waals surface area contributed by atoms with E-state index in [1.165, 1.54) is 25.1 Å². The molecule has 1 aromatic carbocycles. The van der Waals surface area contributed by atoms with Crippen LogP contribution in [0.25, 0.3) is 0 Å². The molecule has 1 amide bonds. The average Bonchev–Trinajstić information content (AvgIpc) is 2.35. The van der Waals surface area contributed by atoms with Gasteiger partial charge in [-0.15, -0.1) is 0 Å². The predicted molar refractivity (Wildman–Crippen MR) is 72.3 cm³/mol. The molecule has 1 aromatic rings. The van der Waals surface area contributed by atoms with Crippen LogP contribution in [0, 0.1) is 5.82 Å². The highest BCUT2D eigenvalue weighted by atomic mass is 79.9. The summed E-state index contributed by atoms with van der Waals surface area (Å²) in [6.07, 6.45) is -0.171. The molecule has 0 saturated carbocycles. The zero-order valence-corrected chi connectivity index (χ0v) is 12.3. The molecule has 0 aromatic heterocycles. The zero-order valence-electron chi connectivity index (χ0n) is 10.7. The summed E-state index contributed by atoms with van der Waals surface area (Å²) >= 11 is 3.09. The molecule has 4 nitrogen and oxygen atoms in total. The highest BCUT2D eigenvalue weighted by Crippen LogP contribution is 2.16. The van der Waals surface area contributed by atoms with Gasteiger partial charge in [-0.3, -0.25) is 4.79 Å². The van der Waals surface area contributed by atoms with Gasteiger partial charge in [0.1, 0.15) is 5.82 Å². The number of hydrogen-bond acceptors (Lipinski definition) is 3. The highest BCUT2D eigenvalue weighted by Gasteiger charge is 2.20. The first-order valence-corrected chi connectivity index (χ1v) is 6.68. The zero-order chi connectivity index (χ0) is 14.4. The maximum atomic E-state index is 13.5. The maximum absolute atomic E-state index is 13.5. The van der Waals surface area contributed by atoms with E-state index in [1.54, 1.807) is 0 Å². The van der Waals surface area contributed by atoms with Gasteiger partial charge in [0.25, 0.3) is 5.91 Å². The summed E-state index contributed by atoms with van der Waals surface area (Å²) in [6, 6.07) is 4.00. The van der Waals surface area contributed by atoms with Crippen LogP contribution < -0.4 is 5.32 Å². The molecule has 19 heavy (non-hydrogen) atoms. The Bertz CT molecular complexity index is 479. The fourth-order valence-electron chi connectivity index (χ4n) is 1.32. The number of carbonyl (C=O) groups excluding carboxylic acids is 2. The van der Waals surface area contributed by atoms with Gasteiger partial charge >= 0.3 is 5.97 Å². The summed E-state index contributed by atoms with van der Waals surface area (Å²) in [5, 5.41) is 2.60. The molecule has 0 fully saturated rings. The molecule has 0 bridgehead atoms. The van der Waals surface area contributed by atoms with Crippen molar-refractivity contribution < 1.29 is 18.7 Å². The first-order chi connectivity index (χ1) is 8.95. The number of rotatable bonds is 5. The van der Waals surface area contributed by atoms with Crippen LogP contribution in [0.15, 0.2) is 22.7 Å². The molecule has 0 heterocycles. The lowest BCUT2D eigenvalue weighted by Crippen LogP contribution is -2.36. The van der Waals surface area contributed by atoms with Gasteiger partial charge in [0.05, 0.1) is 5.56 Å². The van der Waals surface area contributed by atoms with Crippen LogP contribution in [-0.4, -0.2) is 24.5 Å². The minimum absolute atomic E-state index is 0.196. The van der Waals surface area contributed by atoms with Crippen LogP contribution in [0.1, 0.15) is 30.6 Å². The SMILES string of the molecule is CCCNC(=O)[C@@H](C)OC(=O)c1ccc(Br)cc1F. The van der Waals surface area contributed by atoms with E-state index in [2.05, 4.69) is 21.2 Å². The second-order valence-electron chi connectivity index (χ2n) is 3.96. The number of benzene rings is 1. The largest absolute Gasteiger partial charge is 0.449 e. The number of carbonyl (C=O) groups is 2. The van der Waals surface area contributed by atoms with E-state index >= 15 is 0 Å². The van der Waals surface area contributed by atoms with Gasteiger partial charge in [-0.05, 0) is 31.5 Å². The highest BCUT2D eigenvalue weighted by molar-refractivity contribution is 9.10. The third kappa shape index (κ3) is 4.63. The summed E-state index contributed by atoms with van der Waals surface area (Å²) in [4.78, 5) is 23.2. The normalized spacial score (nSPS) is 11.8. The Balaban J connectivity index is 2.66. The minimum atomic E-state index is -0.956. The van der Waals surface area contributed by atoms with Crippen molar-refractivity contribution in [2.24, 2.45) is 0 Å². The van der Waals surface area contributed by atoms with Crippen LogP contribution in [-0.2, 0) is 9.53 Å². The van der Waals surface area contributed by atoms with Crippen molar-refractivity contribution in [3.05, 3.63) is 34.1 Å². The number of amides is 1. The van der Waals surface area contributed by atoms with Gasteiger partial charge in [-0.1, -0.05) is 22.9 Å². The minimum Gasteiger partial charge on any atom is -0.449 e. The molecule has 0 unspecified atom stereocenters. The van der Waals surface area contributed by atoms with Crippen molar-refractivity contribution in [1.82, 2.24) is 5.32 Å². The van der Waals surface area contributed by atoms with Crippen molar-refractivity contribution in [3.63, 3.8) is 0 Å². The van der Waals surface area contributed by atoms with Crippen molar-refractivity contribution in [1.29, 1.82) is 0 Å². The van der Waals surface area contributed by atoms with E-state index in [0.717, 1.165) is 6.42 Å². The van der Waals surface area contributed by atoms with Crippen molar-refractivity contribution in [2.75, 3.05) is 6.54 Å². The van der Waals surface area contributed by atoms with E-state index in [9.17, 15) is 14.0 Å². The summed E-state index contributed by atoms with van der Waals surface area (Å²) < 4.78 is 19.0. The molecule has 6 heteroatoms. The molecular formula is C13H15BrFNO3. The lowest BCUT2D eigenvalue weighted by atomic mass is 10.2. The second-order valence-corrected chi connectivity index (χ2v) is 4.88. The molecule has 0 spiro atoms. The molecule has 1 rings (SSSR count). The standard InChI is InChI=1S/C13H15BrFNO3/c1-3-6-16-12(17)8(2)19-13(18)10-5-4-9(14)7-11(10)15/h4-5,7-8H,3,6H2,1-2H3,(H,16,17)/t8-/m1/s1. The van der Waals surface area contributed by atoms with Crippen LogP contribution in [0.3, 0.4) is 0 Å². The number of nitrogens with one attached hydrogen (secondary N) is 1. The van der Waals surface area contributed by atoms with Crippen LogP contribution in [0.2, 0.25) is 0 Å². The summed E-state index contributed by atoms with van der Waals surface area (Å²) in [5.74, 6) is -1.95. The fraction of sp³-hybridized carbons (Fsp3) is 0.385. The van der Waals surface area contributed by atoms with Gasteiger partial charge in [-0.25, -0.2) is 9.18 Å². The lowest BCUT2D eigenvalue weighted by Gasteiger charge is -2.13. The number of hydrogen-bond donors (Lipinski definition) is 1. The Morgan fingerprint density at radius 2 is 2.16 bits per heavy atom. The Morgan fingerprint density at radius 3 is 2.74 bits per heavy atom. The monoisotopic (exact) mass is 331 g/mol. The summed E-state index contributed by atoms with van der Waals surface area (Å²) in [7, 11) is 0. The van der Waals surface area contributed by atoms with Gasteiger partial charge < -0.3 is 10.1 Å². The van der Waals surface area contributed by atoms with Crippen molar-refractivity contribution in [2.45, 2.75) is 26.4 Å². The molecule has 104 valence electrons. The number of esters is 1. The van der Waals surface area contributed by atoms with E-state index < -0.39 is 23.8 Å². The van der Waals surface area contributed by atoms with Gasteiger partial charge in [0.15, 0.2) is 6.10 Å². The topological polar surface area (TPSA) is 55.4 Å². The quantitative estimate of drug-likeness (QED) is 0.844. The Hall–Kier alpha value is -1.43. The molecular weight excluding hydrogens is 317 g/mol. The first-order valence-electron chi connectivity index (χ1n) is 5.89. The molecule has 0 aliphatic heterocycles. The third-order valence-electron chi connectivity index (χ3n) is 2.35. The van der Waals surface area contributed by atoms with Gasteiger partial charge in [-0.2, -0.15) is 0 Å². The van der Waals surface area contributed by atoms with Crippen molar-refractivity contribution >= 4 is 27.8 Å². The predicted octanol–water partition coefficient (Wildman–Crippen LogP) is 2.66. The number of ether oxygens (including phenoxy) is 1. The third-order valence-corrected chi connectivity index (χ3v) is 2.85. The molecule has 1 N–H and O–H groups in total. The smallest absolute Gasteiger partial charge is 0.341 e. The lowest BCUT2D eigenvalue weighted by molar-refractivity contribution is -0.129. The Kier molecular flexibility index (Phi) is 5.95. The van der Waals surface area contributed by atoms with Crippen LogP contribution in [0.5, 0.6) is 0 Å². The Morgan fingerprint density at radius 1 is 1.47 bits per heavy atom. The molecule has 0 radical (unpaired) electrons. The summed E-state index contributed by atoms with van der Waals surface area (Å²) in [5.41, 5.74) is -0.196. The maximum Gasteiger partial charge on any atom is 0.341 e. The molecule has 0 aliphatic carbocycles. The average molecular weight is 332 g/mol. The summed E-state index contributed by atoms with van der Waals surface area (Å²) in [6.45, 7) is 3.86. The van der Waals surface area contributed by atoms with E-state index in [1.807, 2.05) is 6.92 Å². The Labute approximate surface area is 119 Å². The van der Waals surface area contributed by atoms with Gasteiger partial charge in [0.2, 0.25) is 0 Å². The molecule has 1 atom stereocenters. The fourth-order valence-corrected chi connectivity index (χ4v) is 1.66.